The Balaban J connectivity index is 2.31. The van der Waals surface area contributed by atoms with Crippen molar-refractivity contribution in [2.75, 3.05) is 0 Å². The molecule has 0 atom stereocenters. The van der Waals surface area contributed by atoms with Crippen LogP contribution in [-0.4, -0.2) is 15.6 Å². The maximum Gasteiger partial charge on any atom is 0.165 e. The fraction of sp³-hybridized carbons (Fsp3) is 0.231. The van der Waals surface area contributed by atoms with Gasteiger partial charge in [0.15, 0.2) is 5.75 Å². The van der Waals surface area contributed by atoms with Gasteiger partial charge in [0, 0.05) is 17.1 Å². The van der Waals surface area contributed by atoms with E-state index in [1.165, 1.54) is 0 Å². The lowest BCUT2D eigenvalue weighted by atomic mass is 10.2. The SMILES string of the molecule is CC(C)n1cc(Oc2cc(Cl)ccc2C(=N)N)cn1. The Morgan fingerprint density at radius 2 is 2.21 bits per heavy atom. The summed E-state index contributed by atoms with van der Waals surface area (Å²) >= 11 is 5.93. The summed E-state index contributed by atoms with van der Waals surface area (Å²) in [5.74, 6) is 0.963. The van der Waals surface area contributed by atoms with Gasteiger partial charge < -0.3 is 10.5 Å². The van der Waals surface area contributed by atoms with Gasteiger partial charge in [0.2, 0.25) is 0 Å². The highest BCUT2D eigenvalue weighted by Gasteiger charge is 2.10. The molecular weight excluding hydrogens is 264 g/mol. The van der Waals surface area contributed by atoms with E-state index in [2.05, 4.69) is 5.10 Å². The van der Waals surface area contributed by atoms with Gasteiger partial charge in [-0.1, -0.05) is 11.6 Å². The number of nitrogens with zero attached hydrogens (tertiary/aromatic N) is 2. The Morgan fingerprint density at radius 3 is 2.79 bits per heavy atom. The van der Waals surface area contributed by atoms with E-state index >= 15 is 0 Å². The second kappa shape index (κ2) is 5.32. The summed E-state index contributed by atoms with van der Waals surface area (Å²) in [4.78, 5) is 0. The topological polar surface area (TPSA) is 76.9 Å². The minimum atomic E-state index is -0.0667. The van der Waals surface area contributed by atoms with Gasteiger partial charge in [-0.3, -0.25) is 10.1 Å². The number of nitrogens with two attached hydrogens (primary N) is 1. The minimum Gasteiger partial charge on any atom is -0.453 e. The van der Waals surface area contributed by atoms with E-state index in [0.29, 0.717) is 22.1 Å². The monoisotopic (exact) mass is 278 g/mol. The molecular formula is C13H15ClN4O. The molecule has 0 radical (unpaired) electrons. The molecule has 2 aromatic rings. The molecule has 1 aromatic heterocycles. The number of hydrogen-bond donors (Lipinski definition) is 2. The molecule has 1 heterocycles. The van der Waals surface area contributed by atoms with Crippen molar-refractivity contribution in [1.29, 1.82) is 5.41 Å². The van der Waals surface area contributed by atoms with Crippen molar-refractivity contribution in [3.8, 4) is 11.5 Å². The Bertz CT molecular complexity index is 606. The van der Waals surface area contributed by atoms with Gasteiger partial charge >= 0.3 is 0 Å². The summed E-state index contributed by atoms with van der Waals surface area (Å²) in [7, 11) is 0. The molecule has 0 fully saturated rings. The molecule has 0 bridgehead atoms. The second-order valence-corrected chi connectivity index (χ2v) is 4.84. The molecule has 100 valence electrons. The molecule has 1 aromatic carbocycles. The Labute approximate surface area is 116 Å². The standard InChI is InChI=1S/C13H15ClN4O/c1-8(2)18-7-10(6-17-18)19-12-5-9(14)3-4-11(12)13(15)16/h3-8H,1-2H3,(H3,15,16). The quantitative estimate of drug-likeness (QED) is 0.666. The number of hydrogen-bond acceptors (Lipinski definition) is 3. The zero-order chi connectivity index (χ0) is 14.0. The van der Waals surface area contributed by atoms with Crippen LogP contribution in [0.4, 0.5) is 0 Å². The third-order valence-electron chi connectivity index (χ3n) is 2.57. The highest BCUT2D eigenvalue weighted by atomic mass is 35.5. The molecule has 19 heavy (non-hydrogen) atoms. The highest BCUT2D eigenvalue weighted by molar-refractivity contribution is 6.30. The Kier molecular flexibility index (Phi) is 3.76. The van der Waals surface area contributed by atoms with E-state index in [0.717, 1.165) is 0 Å². The predicted octanol–water partition coefficient (Wildman–Crippen LogP) is 3.19. The molecule has 0 spiro atoms. The van der Waals surface area contributed by atoms with Crippen molar-refractivity contribution in [2.45, 2.75) is 19.9 Å². The summed E-state index contributed by atoms with van der Waals surface area (Å²) in [5, 5.41) is 12.2. The normalized spacial score (nSPS) is 10.7. The van der Waals surface area contributed by atoms with Gasteiger partial charge in [-0.2, -0.15) is 5.10 Å². The molecule has 0 aliphatic heterocycles. The molecule has 0 saturated carbocycles. The third-order valence-corrected chi connectivity index (χ3v) is 2.80. The number of rotatable bonds is 4. The lowest BCUT2D eigenvalue weighted by Crippen LogP contribution is -2.12. The predicted molar refractivity (Wildman–Crippen MR) is 75.2 cm³/mol. The van der Waals surface area contributed by atoms with E-state index < -0.39 is 0 Å². The van der Waals surface area contributed by atoms with Crippen LogP contribution in [0.25, 0.3) is 0 Å². The summed E-state index contributed by atoms with van der Waals surface area (Å²) < 4.78 is 7.48. The largest absolute Gasteiger partial charge is 0.453 e. The summed E-state index contributed by atoms with van der Waals surface area (Å²) in [6.45, 7) is 4.05. The first-order chi connectivity index (χ1) is 8.97. The van der Waals surface area contributed by atoms with Crippen molar-refractivity contribution in [1.82, 2.24) is 9.78 Å². The molecule has 0 aliphatic carbocycles. The van der Waals surface area contributed by atoms with E-state index in [1.807, 2.05) is 13.8 Å². The van der Waals surface area contributed by atoms with Crippen LogP contribution in [0.1, 0.15) is 25.5 Å². The van der Waals surface area contributed by atoms with Crippen molar-refractivity contribution in [2.24, 2.45) is 5.73 Å². The van der Waals surface area contributed by atoms with E-state index in [1.54, 1.807) is 35.3 Å². The molecule has 0 unspecified atom stereocenters. The number of aromatic nitrogens is 2. The first-order valence-electron chi connectivity index (χ1n) is 5.83. The maximum atomic E-state index is 7.52. The lowest BCUT2D eigenvalue weighted by Gasteiger charge is -2.09. The molecule has 3 N–H and O–H groups in total. The minimum absolute atomic E-state index is 0.0667. The van der Waals surface area contributed by atoms with Crippen molar-refractivity contribution >= 4 is 17.4 Å². The second-order valence-electron chi connectivity index (χ2n) is 4.41. The van der Waals surface area contributed by atoms with Crippen LogP contribution >= 0.6 is 11.6 Å². The van der Waals surface area contributed by atoms with Gasteiger partial charge in [-0.15, -0.1) is 0 Å². The number of ether oxygens (including phenoxy) is 1. The van der Waals surface area contributed by atoms with Crippen molar-refractivity contribution < 1.29 is 4.74 Å². The number of nitrogen functional groups attached to an aromatic ring is 1. The zero-order valence-electron chi connectivity index (χ0n) is 10.7. The fourth-order valence-electron chi connectivity index (χ4n) is 1.59. The average molecular weight is 279 g/mol. The van der Waals surface area contributed by atoms with Gasteiger partial charge in [0.05, 0.1) is 18.0 Å². The van der Waals surface area contributed by atoms with Gasteiger partial charge in [0.1, 0.15) is 11.6 Å². The van der Waals surface area contributed by atoms with Crippen LogP contribution in [0, 0.1) is 5.41 Å². The molecule has 2 rings (SSSR count). The van der Waals surface area contributed by atoms with Crippen LogP contribution in [0.3, 0.4) is 0 Å². The zero-order valence-corrected chi connectivity index (χ0v) is 11.5. The van der Waals surface area contributed by atoms with E-state index in [4.69, 9.17) is 27.5 Å². The highest BCUT2D eigenvalue weighted by Crippen LogP contribution is 2.28. The van der Waals surface area contributed by atoms with Gasteiger partial charge in [0.25, 0.3) is 0 Å². The Hall–Kier alpha value is -2.01. The fourth-order valence-corrected chi connectivity index (χ4v) is 1.75. The maximum absolute atomic E-state index is 7.52. The lowest BCUT2D eigenvalue weighted by molar-refractivity contribution is 0.476. The summed E-state index contributed by atoms with van der Waals surface area (Å²) in [5.41, 5.74) is 6.01. The average Bonchev–Trinajstić information content (AvgIpc) is 2.77. The van der Waals surface area contributed by atoms with Crippen LogP contribution in [0.2, 0.25) is 5.02 Å². The number of benzene rings is 1. The van der Waals surface area contributed by atoms with Gasteiger partial charge in [-0.05, 0) is 26.0 Å². The molecule has 6 heteroatoms. The van der Waals surface area contributed by atoms with Crippen LogP contribution in [0.15, 0.2) is 30.6 Å². The van der Waals surface area contributed by atoms with Crippen molar-refractivity contribution in [3.05, 3.63) is 41.2 Å². The number of amidine groups is 1. The van der Waals surface area contributed by atoms with Crippen LogP contribution < -0.4 is 10.5 Å². The number of nitrogens with one attached hydrogen (secondary N) is 1. The molecule has 5 nitrogen and oxygen atoms in total. The summed E-state index contributed by atoms with van der Waals surface area (Å²) in [6.07, 6.45) is 3.40. The Morgan fingerprint density at radius 1 is 1.47 bits per heavy atom. The van der Waals surface area contributed by atoms with Crippen LogP contribution in [0.5, 0.6) is 11.5 Å². The summed E-state index contributed by atoms with van der Waals surface area (Å²) in [6, 6.07) is 5.21. The first-order valence-corrected chi connectivity index (χ1v) is 6.21. The number of halogens is 1. The molecule has 0 aliphatic rings. The van der Waals surface area contributed by atoms with Crippen molar-refractivity contribution in [3.63, 3.8) is 0 Å². The third kappa shape index (κ3) is 3.06. The smallest absolute Gasteiger partial charge is 0.165 e. The van der Waals surface area contributed by atoms with E-state index in [9.17, 15) is 0 Å². The first kappa shape index (κ1) is 13.4. The molecule has 0 amide bonds. The van der Waals surface area contributed by atoms with E-state index in [-0.39, 0.29) is 11.9 Å². The van der Waals surface area contributed by atoms with Gasteiger partial charge in [-0.25, -0.2) is 0 Å². The van der Waals surface area contributed by atoms with Crippen LogP contribution in [-0.2, 0) is 0 Å². The molecule has 0 saturated heterocycles.